The van der Waals surface area contributed by atoms with Gasteiger partial charge in [-0.05, 0) is 12.5 Å². The van der Waals surface area contributed by atoms with Crippen LogP contribution in [-0.2, 0) is 9.53 Å². The summed E-state index contributed by atoms with van der Waals surface area (Å²) in [7, 11) is 3.22. The highest BCUT2D eigenvalue weighted by atomic mass is 32.1. The molecule has 0 unspecified atom stereocenters. The first-order valence-electron chi connectivity index (χ1n) is 5.45. The van der Waals surface area contributed by atoms with E-state index in [0.717, 1.165) is 0 Å². The molecule has 0 aromatic carbocycles. The highest BCUT2D eigenvalue weighted by Gasteiger charge is 2.07. The molecule has 1 heterocycles. The Morgan fingerprint density at radius 3 is 2.94 bits per heavy atom. The molecule has 18 heavy (non-hydrogen) atoms. The number of methoxy groups -OCH3 is 1. The minimum atomic E-state index is -0.221. The second kappa shape index (κ2) is 6.85. The summed E-state index contributed by atoms with van der Waals surface area (Å²) in [5.74, 6) is 0.311. The van der Waals surface area contributed by atoms with Crippen molar-refractivity contribution in [3.8, 4) is 0 Å². The fraction of sp³-hybridized carbons (Fsp3) is 0.455. The minimum absolute atomic E-state index is 0.221. The van der Waals surface area contributed by atoms with Crippen LogP contribution in [0.1, 0.15) is 18.5 Å². The van der Waals surface area contributed by atoms with Gasteiger partial charge >= 0.3 is 5.97 Å². The zero-order chi connectivity index (χ0) is 13.5. The number of carbonyl (C=O) groups is 1. The second-order valence-corrected chi connectivity index (χ2v) is 4.15. The van der Waals surface area contributed by atoms with E-state index in [-0.39, 0.29) is 11.0 Å². The Morgan fingerprint density at radius 1 is 1.61 bits per heavy atom. The lowest BCUT2D eigenvalue weighted by Crippen LogP contribution is -2.23. The Kier molecular flexibility index (Phi) is 5.44. The monoisotopic (exact) mass is 268 g/mol. The highest BCUT2D eigenvalue weighted by molar-refractivity contribution is 7.80. The van der Waals surface area contributed by atoms with Crippen molar-refractivity contribution in [3.63, 3.8) is 0 Å². The van der Waals surface area contributed by atoms with Crippen molar-refractivity contribution in [2.24, 2.45) is 5.73 Å². The topological polar surface area (TPSA) is 81.3 Å². The van der Waals surface area contributed by atoms with Gasteiger partial charge in [-0.25, -0.2) is 9.97 Å². The van der Waals surface area contributed by atoms with Crippen molar-refractivity contribution >= 4 is 29.1 Å². The predicted molar refractivity (Wildman–Crippen MR) is 72.4 cm³/mol. The van der Waals surface area contributed by atoms with Crippen LogP contribution in [-0.4, -0.2) is 41.6 Å². The van der Waals surface area contributed by atoms with E-state index in [1.807, 2.05) is 11.9 Å². The van der Waals surface area contributed by atoms with Gasteiger partial charge in [0.1, 0.15) is 10.7 Å². The van der Waals surface area contributed by atoms with Crippen LogP contribution in [0.5, 0.6) is 0 Å². The molecule has 0 saturated carbocycles. The molecule has 1 rings (SSSR count). The predicted octanol–water partition coefficient (Wildman–Crippen LogP) is 0.500. The van der Waals surface area contributed by atoms with Gasteiger partial charge < -0.3 is 15.4 Å². The first kappa shape index (κ1) is 14.3. The summed E-state index contributed by atoms with van der Waals surface area (Å²) in [4.78, 5) is 21.4. The zero-order valence-electron chi connectivity index (χ0n) is 10.4. The van der Waals surface area contributed by atoms with Crippen LogP contribution in [0.15, 0.2) is 12.3 Å². The zero-order valence-corrected chi connectivity index (χ0v) is 11.2. The van der Waals surface area contributed by atoms with Crippen molar-refractivity contribution in [3.05, 3.63) is 18.0 Å². The Morgan fingerprint density at radius 2 is 2.33 bits per heavy atom. The van der Waals surface area contributed by atoms with E-state index in [9.17, 15) is 4.79 Å². The van der Waals surface area contributed by atoms with Gasteiger partial charge in [0, 0.05) is 26.2 Å². The molecule has 6 nitrogen and oxygen atoms in total. The average Bonchev–Trinajstić information content (AvgIpc) is 2.38. The van der Waals surface area contributed by atoms with Crippen molar-refractivity contribution in [1.29, 1.82) is 0 Å². The number of rotatable bonds is 6. The maximum atomic E-state index is 11.0. The number of anilines is 1. The molecule has 0 saturated heterocycles. The molecule has 1 aromatic rings. The van der Waals surface area contributed by atoms with Crippen LogP contribution in [0, 0.1) is 0 Å². The van der Waals surface area contributed by atoms with E-state index in [1.165, 1.54) is 7.11 Å². The van der Waals surface area contributed by atoms with Crippen LogP contribution < -0.4 is 10.6 Å². The van der Waals surface area contributed by atoms with Crippen molar-refractivity contribution in [2.45, 2.75) is 12.8 Å². The summed E-state index contributed by atoms with van der Waals surface area (Å²) in [6, 6.07) is 1.66. The number of aromatic nitrogens is 2. The molecule has 0 fully saturated rings. The smallest absolute Gasteiger partial charge is 0.305 e. The average molecular weight is 268 g/mol. The number of nitrogens with zero attached hydrogens (tertiary/aromatic N) is 3. The number of carbonyl (C=O) groups excluding carboxylic acids is 1. The van der Waals surface area contributed by atoms with Crippen LogP contribution in [0.25, 0.3) is 0 Å². The molecule has 7 heteroatoms. The first-order valence-corrected chi connectivity index (χ1v) is 5.86. The molecule has 0 atom stereocenters. The summed E-state index contributed by atoms with van der Waals surface area (Å²) >= 11 is 4.85. The summed E-state index contributed by atoms with van der Waals surface area (Å²) in [5, 5.41) is 0. The number of esters is 1. The number of ether oxygens (including phenoxy) is 1. The van der Waals surface area contributed by atoms with Crippen LogP contribution in [0.4, 0.5) is 5.95 Å². The number of hydrogen-bond donors (Lipinski definition) is 1. The first-order chi connectivity index (χ1) is 8.54. The maximum Gasteiger partial charge on any atom is 0.305 e. The number of nitrogens with two attached hydrogens (primary N) is 1. The van der Waals surface area contributed by atoms with Gasteiger partial charge in [0.05, 0.1) is 7.11 Å². The van der Waals surface area contributed by atoms with Crippen molar-refractivity contribution in [1.82, 2.24) is 9.97 Å². The Hall–Kier alpha value is -1.76. The maximum absolute atomic E-state index is 11.0. The largest absolute Gasteiger partial charge is 0.469 e. The number of thiocarbonyl (C=S) groups is 1. The third-order valence-electron chi connectivity index (χ3n) is 2.34. The van der Waals surface area contributed by atoms with Gasteiger partial charge in [0.15, 0.2) is 0 Å². The highest BCUT2D eigenvalue weighted by Crippen LogP contribution is 2.07. The van der Waals surface area contributed by atoms with Crippen LogP contribution in [0.2, 0.25) is 0 Å². The van der Waals surface area contributed by atoms with Crippen molar-refractivity contribution in [2.75, 3.05) is 25.6 Å². The normalized spacial score (nSPS) is 9.89. The van der Waals surface area contributed by atoms with Gasteiger partial charge in [-0.2, -0.15) is 0 Å². The van der Waals surface area contributed by atoms with E-state index in [1.54, 1.807) is 12.3 Å². The van der Waals surface area contributed by atoms with Crippen molar-refractivity contribution < 1.29 is 9.53 Å². The lowest BCUT2D eigenvalue weighted by atomic mass is 10.3. The molecule has 0 radical (unpaired) electrons. The summed E-state index contributed by atoms with van der Waals surface area (Å²) in [6.07, 6.45) is 2.65. The molecule has 98 valence electrons. The van der Waals surface area contributed by atoms with Crippen LogP contribution >= 0.6 is 12.2 Å². The van der Waals surface area contributed by atoms with E-state index in [0.29, 0.717) is 31.0 Å². The van der Waals surface area contributed by atoms with Gasteiger partial charge in [0.25, 0.3) is 0 Å². The van der Waals surface area contributed by atoms with E-state index >= 15 is 0 Å². The quantitative estimate of drug-likeness (QED) is 0.594. The van der Waals surface area contributed by atoms with Gasteiger partial charge in [-0.15, -0.1) is 0 Å². The van der Waals surface area contributed by atoms with Gasteiger partial charge in [-0.3, -0.25) is 4.79 Å². The fourth-order valence-electron chi connectivity index (χ4n) is 1.33. The molecule has 0 aliphatic heterocycles. The summed E-state index contributed by atoms with van der Waals surface area (Å²) in [5.41, 5.74) is 6.04. The Balaban J connectivity index is 2.56. The Labute approximate surface area is 111 Å². The molecule has 0 aliphatic carbocycles. The molecular formula is C11H16N4O2S. The second-order valence-electron chi connectivity index (χ2n) is 3.71. The standard InChI is InChI=1S/C11H16N4O2S/c1-15(7-3-4-9(16)17-2)11-13-6-5-8(14-11)10(12)18/h5-6H,3-4,7H2,1-2H3,(H2,12,18). The van der Waals surface area contributed by atoms with Gasteiger partial charge in [-0.1, -0.05) is 12.2 Å². The SMILES string of the molecule is COC(=O)CCCN(C)c1nccc(C(N)=S)n1. The minimum Gasteiger partial charge on any atom is -0.469 e. The molecule has 0 aliphatic rings. The number of hydrogen-bond acceptors (Lipinski definition) is 6. The Bertz CT molecular complexity index is 439. The van der Waals surface area contributed by atoms with Crippen LogP contribution in [0.3, 0.4) is 0 Å². The van der Waals surface area contributed by atoms with Gasteiger partial charge in [0.2, 0.25) is 5.95 Å². The van der Waals surface area contributed by atoms with E-state index in [2.05, 4.69) is 14.7 Å². The lowest BCUT2D eigenvalue weighted by Gasteiger charge is -2.16. The van der Waals surface area contributed by atoms with E-state index < -0.39 is 0 Å². The third kappa shape index (κ3) is 4.25. The molecular weight excluding hydrogens is 252 g/mol. The summed E-state index contributed by atoms with van der Waals surface area (Å²) in [6.45, 7) is 0.649. The molecule has 0 bridgehead atoms. The fourth-order valence-corrected chi connectivity index (χ4v) is 1.45. The lowest BCUT2D eigenvalue weighted by molar-refractivity contribution is -0.140. The molecule has 1 aromatic heterocycles. The summed E-state index contributed by atoms with van der Waals surface area (Å²) < 4.78 is 4.57. The molecule has 2 N–H and O–H groups in total. The molecule has 0 spiro atoms. The molecule has 0 amide bonds. The third-order valence-corrected chi connectivity index (χ3v) is 2.55. The van der Waals surface area contributed by atoms with E-state index in [4.69, 9.17) is 18.0 Å².